The summed E-state index contributed by atoms with van der Waals surface area (Å²) >= 11 is 0. The lowest BCUT2D eigenvalue weighted by Crippen LogP contribution is -2.47. The van der Waals surface area contributed by atoms with E-state index in [2.05, 4.69) is 4.74 Å². The van der Waals surface area contributed by atoms with Crippen LogP contribution in [-0.4, -0.2) is 50.1 Å². The lowest BCUT2D eigenvalue weighted by atomic mass is 9.83. The van der Waals surface area contributed by atoms with Crippen LogP contribution in [0.2, 0.25) is 0 Å². The fourth-order valence-corrected chi connectivity index (χ4v) is 6.37. The Hall–Kier alpha value is -0.850. The first-order valence-electron chi connectivity index (χ1n) is 6.78. The topological polar surface area (TPSA) is 124 Å². The Morgan fingerprint density at radius 3 is 2.61 bits per heavy atom. The molecule has 0 spiro atoms. The fraction of sp³-hybridized carbons (Fsp3) is 0.909. The monoisotopic (exact) mass is 376 g/mol. The molecular weight excluding hydrogens is 362 g/mol. The van der Waals surface area contributed by atoms with Crippen LogP contribution >= 0.6 is 0 Å². The second-order valence-corrected chi connectivity index (χ2v) is 9.58. The summed E-state index contributed by atoms with van der Waals surface area (Å²) in [5, 5.41) is -5.56. The zero-order chi connectivity index (χ0) is 17.4. The van der Waals surface area contributed by atoms with Crippen LogP contribution in [0.5, 0.6) is 0 Å². The average Bonchev–Trinajstić information content (AvgIpc) is 2.89. The van der Waals surface area contributed by atoms with Crippen LogP contribution in [0.1, 0.15) is 19.8 Å². The van der Waals surface area contributed by atoms with Gasteiger partial charge in [0.1, 0.15) is 0 Å². The Balaban J connectivity index is 1.84. The van der Waals surface area contributed by atoms with Gasteiger partial charge in [-0.2, -0.15) is 25.6 Å². The highest BCUT2D eigenvalue weighted by Gasteiger charge is 2.74. The van der Waals surface area contributed by atoms with Gasteiger partial charge in [0.15, 0.2) is 12.2 Å². The molecule has 2 bridgehead atoms. The molecule has 1 saturated heterocycles. The van der Waals surface area contributed by atoms with Gasteiger partial charge in [-0.15, -0.1) is 0 Å². The number of hydrogen-bond acceptors (Lipinski definition) is 7. The highest BCUT2D eigenvalue weighted by atomic mass is 32.2. The molecule has 132 valence electrons. The summed E-state index contributed by atoms with van der Waals surface area (Å²) in [6, 6.07) is 0. The summed E-state index contributed by atoms with van der Waals surface area (Å²) in [6.45, 7) is -0.159. The Morgan fingerprint density at radius 1 is 1.48 bits per heavy atom. The summed E-state index contributed by atoms with van der Waals surface area (Å²) in [6.07, 6.45) is 0.356. The molecule has 8 nitrogen and oxygen atoms in total. The fourth-order valence-electron chi connectivity index (χ4n) is 4.07. The molecule has 0 amide bonds. The molecule has 0 aromatic rings. The van der Waals surface area contributed by atoms with E-state index in [9.17, 15) is 30.4 Å². The van der Waals surface area contributed by atoms with Gasteiger partial charge in [0.2, 0.25) is 0 Å². The van der Waals surface area contributed by atoms with Gasteiger partial charge >= 0.3 is 21.3 Å². The lowest BCUT2D eigenvalue weighted by molar-refractivity contribution is -0.170. The van der Waals surface area contributed by atoms with Gasteiger partial charge in [-0.1, -0.05) is 6.92 Å². The van der Waals surface area contributed by atoms with E-state index in [1.807, 2.05) is 0 Å². The molecular formula is C11H14F2O8S2. The van der Waals surface area contributed by atoms with Gasteiger partial charge in [0.25, 0.3) is 10.1 Å². The van der Waals surface area contributed by atoms with Gasteiger partial charge in [0.05, 0.1) is 5.25 Å². The summed E-state index contributed by atoms with van der Waals surface area (Å²) in [5.74, 6) is -2.32. The molecule has 4 unspecified atom stereocenters. The zero-order valence-electron chi connectivity index (χ0n) is 11.8. The first kappa shape index (κ1) is 17.0. The number of rotatable bonds is 4. The van der Waals surface area contributed by atoms with E-state index >= 15 is 0 Å². The lowest BCUT2D eigenvalue weighted by Gasteiger charge is -2.27. The molecule has 3 fully saturated rings. The summed E-state index contributed by atoms with van der Waals surface area (Å²) in [7, 11) is -9.76. The number of hydrogen-bond donors (Lipinski definition) is 1. The van der Waals surface area contributed by atoms with E-state index in [0.29, 0.717) is 6.42 Å². The number of alkyl halides is 2. The maximum absolute atomic E-state index is 13.2. The van der Waals surface area contributed by atoms with Gasteiger partial charge in [-0.05, 0) is 24.7 Å². The van der Waals surface area contributed by atoms with Crippen molar-refractivity contribution in [3.05, 3.63) is 0 Å². The average molecular weight is 376 g/mol. The van der Waals surface area contributed by atoms with Crippen molar-refractivity contribution >= 4 is 26.2 Å². The number of carbonyl (C=O) groups excluding carboxylic acids is 1. The smallest absolute Gasteiger partial charge is 0.402 e. The predicted molar refractivity (Wildman–Crippen MR) is 69.4 cm³/mol. The molecule has 0 aromatic heterocycles. The molecule has 0 radical (unpaired) electrons. The van der Waals surface area contributed by atoms with Crippen LogP contribution in [0.4, 0.5) is 8.78 Å². The molecule has 1 aliphatic heterocycles. The minimum atomic E-state index is -5.75. The van der Waals surface area contributed by atoms with E-state index in [-0.39, 0.29) is 18.3 Å². The SMILES string of the molecule is C[C@H]1C2CC3C1C(C(=O)OCC(F)(F)S(=O)(=O)O)(C2)OS3(=O)=O. The molecule has 1 N–H and O–H groups in total. The second kappa shape index (κ2) is 4.61. The van der Waals surface area contributed by atoms with E-state index in [1.54, 1.807) is 6.92 Å². The Kier molecular flexibility index (Phi) is 3.41. The minimum absolute atomic E-state index is 0.0187. The summed E-state index contributed by atoms with van der Waals surface area (Å²) in [5.41, 5.74) is -1.87. The van der Waals surface area contributed by atoms with Gasteiger partial charge in [0, 0.05) is 5.92 Å². The van der Waals surface area contributed by atoms with Gasteiger partial charge < -0.3 is 4.74 Å². The molecule has 1 heterocycles. The first-order chi connectivity index (χ1) is 10.3. The number of esters is 1. The van der Waals surface area contributed by atoms with Crippen LogP contribution in [-0.2, 0) is 34.0 Å². The normalized spacial score (nSPS) is 41.2. The molecule has 0 aromatic carbocycles. The van der Waals surface area contributed by atoms with E-state index < -0.39 is 54.8 Å². The van der Waals surface area contributed by atoms with Crippen LogP contribution in [0.15, 0.2) is 0 Å². The van der Waals surface area contributed by atoms with Crippen molar-refractivity contribution in [2.75, 3.05) is 6.61 Å². The highest BCUT2D eigenvalue weighted by molar-refractivity contribution is 7.87. The summed E-state index contributed by atoms with van der Waals surface area (Å²) < 4.78 is 89.0. The van der Waals surface area contributed by atoms with Crippen molar-refractivity contribution < 1.29 is 43.9 Å². The second-order valence-electron chi connectivity index (χ2n) is 6.28. The van der Waals surface area contributed by atoms with Crippen LogP contribution < -0.4 is 0 Å². The zero-order valence-corrected chi connectivity index (χ0v) is 13.4. The van der Waals surface area contributed by atoms with Crippen LogP contribution in [0.3, 0.4) is 0 Å². The largest absolute Gasteiger partial charge is 0.456 e. The quantitative estimate of drug-likeness (QED) is 0.418. The maximum Gasteiger partial charge on any atom is 0.402 e. The standard InChI is InChI=1S/C11H14F2O8S2/c1-5-6-2-7-8(5)10(3-6,21-22(7,15)16)9(14)20-4-11(12,13)23(17,18)19/h5-8H,2-4H2,1H3,(H,17,18,19)/t5-,6?,7?,8?,10?/m0/s1. The number of halogens is 2. The molecule has 5 atom stereocenters. The van der Waals surface area contributed by atoms with Crippen molar-refractivity contribution in [3.63, 3.8) is 0 Å². The highest BCUT2D eigenvalue weighted by Crippen LogP contribution is 2.63. The molecule has 3 aliphatic rings. The van der Waals surface area contributed by atoms with Crippen molar-refractivity contribution in [1.82, 2.24) is 0 Å². The van der Waals surface area contributed by atoms with Crippen LogP contribution in [0.25, 0.3) is 0 Å². The van der Waals surface area contributed by atoms with Gasteiger partial charge in [-0.3, -0.25) is 8.74 Å². The Morgan fingerprint density at radius 2 is 2.09 bits per heavy atom. The minimum Gasteiger partial charge on any atom is -0.456 e. The molecule has 3 rings (SSSR count). The maximum atomic E-state index is 13.2. The first-order valence-corrected chi connectivity index (χ1v) is 9.69. The van der Waals surface area contributed by atoms with Crippen molar-refractivity contribution in [3.8, 4) is 0 Å². The van der Waals surface area contributed by atoms with Crippen molar-refractivity contribution in [2.24, 2.45) is 17.8 Å². The number of carbonyl (C=O) groups is 1. The van der Waals surface area contributed by atoms with Gasteiger partial charge in [-0.25, -0.2) is 4.79 Å². The van der Waals surface area contributed by atoms with Crippen molar-refractivity contribution in [2.45, 2.75) is 35.9 Å². The Labute approximate surface area is 131 Å². The predicted octanol–water partition coefficient (Wildman–Crippen LogP) is 0.153. The summed E-state index contributed by atoms with van der Waals surface area (Å²) in [4.78, 5) is 12.2. The molecule has 2 saturated carbocycles. The molecule has 23 heavy (non-hydrogen) atoms. The molecule has 12 heteroatoms. The Bertz CT molecular complexity index is 761. The number of fused-ring (bicyclic) bond motifs is 1. The van der Waals surface area contributed by atoms with Crippen LogP contribution in [0, 0.1) is 17.8 Å². The third-order valence-electron chi connectivity index (χ3n) is 5.08. The number of ether oxygens (including phenoxy) is 1. The van der Waals surface area contributed by atoms with Crippen molar-refractivity contribution in [1.29, 1.82) is 0 Å². The third kappa shape index (κ3) is 2.22. The van der Waals surface area contributed by atoms with E-state index in [0.717, 1.165) is 0 Å². The van der Waals surface area contributed by atoms with E-state index in [4.69, 9.17) is 8.74 Å². The third-order valence-corrected chi connectivity index (χ3v) is 7.71. The molecule has 2 aliphatic carbocycles. The van der Waals surface area contributed by atoms with E-state index in [1.165, 1.54) is 0 Å².